The van der Waals surface area contributed by atoms with Crippen molar-refractivity contribution >= 4 is 23.7 Å². The van der Waals surface area contributed by atoms with Crippen LogP contribution in [0.25, 0.3) is 0 Å². The quantitative estimate of drug-likeness (QED) is 0.662. The van der Waals surface area contributed by atoms with Crippen LogP contribution >= 0.6 is 11.8 Å². The van der Waals surface area contributed by atoms with Crippen LogP contribution in [0.2, 0.25) is 0 Å². The highest BCUT2D eigenvalue weighted by molar-refractivity contribution is 7.98. The number of esters is 1. The number of carbonyl (C=O) groups excluding carboxylic acids is 1. The van der Waals surface area contributed by atoms with Crippen LogP contribution < -0.4 is 10.5 Å². The number of thioether (sulfide) groups is 1. The first-order valence-electron chi connectivity index (χ1n) is 6.37. The normalized spacial score (nSPS) is 11.7. The molecule has 21 heavy (non-hydrogen) atoms. The first-order chi connectivity index (χ1) is 10.0. The van der Waals surface area contributed by atoms with E-state index < -0.39 is 24.6 Å². The number of hydrogen-bond donors (Lipinski definition) is 2. The minimum Gasteiger partial charge on any atom is -0.482 e. The average Bonchev–Trinajstić information content (AvgIpc) is 2.49. The summed E-state index contributed by atoms with van der Waals surface area (Å²) in [5.74, 6) is -0.196. The van der Waals surface area contributed by atoms with Crippen molar-refractivity contribution in [3.05, 3.63) is 29.8 Å². The lowest BCUT2D eigenvalue weighted by atomic mass is 10.2. The third kappa shape index (κ3) is 7.01. The molecule has 0 saturated heterocycles. The highest BCUT2D eigenvalue weighted by Crippen LogP contribution is 2.13. The predicted octanol–water partition coefficient (Wildman–Crippen LogP) is 1.27. The Bertz CT molecular complexity index is 463. The first kappa shape index (κ1) is 17.3. The Morgan fingerprint density at radius 1 is 1.33 bits per heavy atom. The van der Waals surface area contributed by atoms with E-state index in [-0.39, 0.29) is 6.61 Å². The Labute approximate surface area is 127 Å². The lowest BCUT2D eigenvalue weighted by Crippen LogP contribution is -2.32. The summed E-state index contributed by atoms with van der Waals surface area (Å²) in [5.41, 5.74) is 6.48. The number of rotatable bonds is 9. The molecule has 0 fully saturated rings. The largest absolute Gasteiger partial charge is 0.482 e. The zero-order valence-electron chi connectivity index (χ0n) is 11.8. The van der Waals surface area contributed by atoms with Crippen molar-refractivity contribution in [2.75, 3.05) is 18.6 Å². The second kappa shape index (κ2) is 9.25. The maximum Gasteiger partial charge on any atom is 0.341 e. The topological polar surface area (TPSA) is 98.9 Å². The van der Waals surface area contributed by atoms with E-state index >= 15 is 0 Å². The zero-order valence-corrected chi connectivity index (χ0v) is 12.6. The zero-order chi connectivity index (χ0) is 15.7. The van der Waals surface area contributed by atoms with Gasteiger partial charge in [-0.05, 0) is 36.1 Å². The Kier molecular flexibility index (Phi) is 7.63. The molecule has 1 rings (SSSR count). The molecule has 7 heteroatoms. The Morgan fingerprint density at radius 3 is 2.57 bits per heavy atom. The third-order valence-electron chi connectivity index (χ3n) is 2.60. The Balaban J connectivity index is 2.38. The molecule has 0 spiro atoms. The molecule has 3 N–H and O–H groups in total. The van der Waals surface area contributed by atoms with E-state index in [1.165, 1.54) is 0 Å². The van der Waals surface area contributed by atoms with Crippen LogP contribution in [-0.2, 0) is 20.9 Å². The molecule has 0 heterocycles. The Morgan fingerprint density at radius 2 is 2.00 bits per heavy atom. The van der Waals surface area contributed by atoms with Crippen LogP contribution in [0.3, 0.4) is 0 Å². The SMILES string of the molecule is CSCC[C@H](N)C(=O)OCc1ccc(OCC(=O)O)cc1. The molecule has 1 aromatic carbocycles. The number of nitrogens with two attached hydrogens (primary N) is 1. The molecule has 0 saturated carbocycles. The molecule has 0 bridgehead atoms. The number of aliphatic carboxylic acids is 1. The highest BCUT2D eigenvalue weighted by Gasteiger charge is 2.14. The summed E-state index contributed by atoms with van der Waals surface area (Å²) >= 11 is 1.63. The molecule has 0 amide bonds. The van der Waals surface area contributed by atoms with Crippen molar-refractivity contribution in [1.29, 1.82) is 0 Å². The van der Waals surface area contributed by atoms with Crippen molar-refractivity contribution in [2.45, 2.75) is 19.1 Å². The molecule has 0 radical (unpaired) electrons. The van der Waals surface area contributed by atoms with E-state index in [0.717, 1.165) is 11.3 Å². The first-order valence-corrected chi connectivity index (χ1v) is 7.77. The number of carbonyl (C=O) groups is 2. The summed E-state index contributed by atoms with van der Waals surface area (Å²) < 4.78 is 10.1. The average molecular weight is 313 g/mol. The van der Waals surface area contributed by atoms with Gasteiger partial charge >= 0.3 is 11.9 Å². The van der Waals surface area contributed by atoms with E-state index in [1.54, 1.807) is 36.0 Å². The van der Waals surface area contributed by atoms with Gasteiger partial charge in [-0.25, -0.2) is 4.79 Å². The second-order valence-electron chi connectivity index (χ2n) is 4.32. The van der Waals surface area contributed by atoms with E-state index in [1.807, 2.05) is 6.26 Å². The summed E-state index contributed by atoms with van der Waals surface area (Å²) in [5, 5.41) is 8.49. The fourth-order valence-corrected chi connectivity index (χ4v) is 1.94. The maximum atomic E-state index is 11.6. The summed E-state index contributed by atoms with van der Waals surface area (Å²) in [6.07, 6.45) is 2.54. The lowest BCUT2D eigenvalue weighted by molar-refractivity contribution is -0.146. The van der Waals surface area contributed by atoms with Crippen molar-refractivity contribution in [3.63, 3.8) is 0 Å². The number of carboxylic acids is 1. The fraction of sp³-hybridized carbons (Fsp3) is 0.429. The van der Waals surface area contributed by atoms with Crippen molar-refractivity contribution in [3.8, 4) is 5.75 Å². The summed E-state index contributed by atoms with van der Waals surface area (Å²) in [7, 11) is 0. The molecule has 0 aliphatic heterocycles. The van der Waals surface area contributed by atoms with E-state index in [9.17, 15) is 9.59 Å². The molecule has 0 unspecified atom stereocenters. The molecule has 0 aromatic heterocycles. The number of carboxylic acid groups (broad SMARTS) is 1. The van der Waals surface area contributed by atoms with Gasteiger partial charge in [0.1, 0.15) is 18.4 Å². The van der Waals surface area contributed by atoms with Crippen molar-refractivity contribution in [2.24, 2.45) is 5.73 Å². The molecule has 116 valence electrons. The third-order valence-corrected chi connectivity index (χ3v) is 3.25. The van der Waals surface area contributed by atoms with Gasteiger partial charge < -0.3 is 20.3 Å². The smallest absolute Gasteiger partial charge is 0.341 e. The molecule has 1 aromatic rings. The van der Waals surface area contributed by atoms with Gasteiger partial charge in [-0.3, -0.25) is 4.79 Å². The summed E-state index contributed by atoms with van der Waals surface area (Å²) in [6, 6.07) is 6.06. The summed E-state index contributed by atoms with van der Waals surface area (Å²) in [4.78, 5) is 22.0. The van der Waals surface area contributed by atoms with Crippen LogP contribution in [0.5, 0.6) is 5.75 Å². The molecular weight excluding hydrogens is 294 g/mol. The lowest BCUT2D eigenvalue weighted by Gasteiger charge is -2.11. The van der Waals surface area contributed by atoms with Gasteiger partial charge in [0.05, 0.1) is 0 Å². The molecule has 6 nitrogen and oxygen atoms in total. The number of ether oxygens (including phenoxy) is 2. The van der Waals surface area contributed by atoms with Crippen LogP contribution in [0, 0.1) is 0 Å². The van der Waals surface area contributed by atoms with Crippen LogP contribution in [0.4, 0.5) is 0 Å². The van der Waals surface area contributed by atoms with Crippen LogP contribution in [0.15, 0.2) is 24.3 Å². The van der Waals surface area contributed by atoms with E-state index in [4.69, 9.17) is 20.3 Å². The molecule has 1 atom stereocenters. The monoisotopic (exact) mass is 313 g/mol. The van der Waals surface area contributed by atoms with Gasteiger partial charge in [0.25, 0.3) is 0 Å². The molecule has 0 aliphatic carbocycles. The number of benzene rings is 1. The molecular formula is C14H19NO5S. The van der Waals surface area contributed by atoms with Crippen molar-refractivity contribution in [1.82, 2.24) is 0 Å². The van der Waals surface area contributed by atoms with Gasteiger partial charge in [-0.2, -0.15) is 11.8 Å². The maximum absolute atomic E-state index is 11.6. The fourth-order valence-electron chi connectivity index (χ4n) is 1.45. The van der Waals surface area contributed by atoms with Crippen LogP contribution in [-0.4, -0.2) is 41.7 Å². The van der Waals surface area contributed by atoms with E-state index in [2.05, 4.69) is 0 Å². The molecule has 0 aliphatic rings. The van der Waals surface area contributed by atoms with Gasteiger partial charge in [0.2, 0.25) is 0 Å². The van der Waals surface area contributed by atoms with E-state index in [0.29, 0.717) is 12.2 Å². The minimum atomic E-state index is -1.03. The van der Waals surface area contributed by atoms with Gasteiger partial charge in [-0.1, -0.05) is 12.1 Å². The number of hydrogen-bond acceptors (Lipinski definition) is 6. The van der Waals surface area contributed by atoms with Gasteiger partial charge in [0.15, 0.2) is 6.61 Å². The van der Waals surface area contributed by atoms with Crippen LogP contribution in [0.1, 0.15) is 12.0 Å². The predicted molar refractivity (Wildman–Crippen MR) is 80.3 cm³/mol. The van der Waals surface area contributed by atoms with Crippen molar-refractivity contribution < 1.29 is 24.2 Å². The summed E-state index contributed by atoms with van der Waals surface area (Å²) in [6.45, 7) is -0.260. The highest BCUT2D eigenvalue weighted by atomic mass is 32.2. The standard InChI is InChI=1S/C14H19NO5S/c1-21-7-6-12(15)14(18)20-8-10-2-4-11(5-3-10)19-9-13(16)17/h2-5,12H,6-9,15H2,1H3,(H,16,17)/t12-/m0/s1. The van der Waals surface area contributed by atoms with Gasteiger partial charge in [0, 0.05) is 0 Å². The minimum absolute atomic E-state index is 0.130. The second-order valence-corrected chi connectivity index (χ2v) is 5.31. The van der Waals surface area contributed by atoms with Gasteiger partial charge in [-0.15, -0.1) is 0 Å². The Hall–Kier alpha value is -1.73.